The van der Waals surface area contributed by atoms with Crippen LogP contribution in [0.25, 0.3) is 11.0 Å². The van der Waals surface area contributed by atoms with Crippen LogP contribution in [-0.2, 0) is 16.1 Å². The van der Waals surface area contributed by atoms with Gasteiger partial charge >= 0.3 is 0 Å². The summed E-state index contributed by atoms with van der Waals surface area (Å²) in [6, 6.07) is 8.11. The standard InChI is InChI=1S/C18H25N3O3S/c1-2-21-16-6-4-3-5-15(16)19-18(21)25-10-7-17(23)20-8-9-24-13-14(11-20)12-22/h3-6,14,22H,2,7-13H2,1H3/t14-/m0/s1. The van der Waals surface area contributed by atoms with E-state index in [1.54, 1.807) is 11.8 Å². The number of rotatable bonds is 6. The predicted octanol–water partition coefficient (Wildman–Crippen LogP) is 2.01. The molecule has 1 fully saturated rings. The molecule has 0 saturated carbocycles. The van der Waals surface area contributed by atoms with Crippen LogP contribution in [0.15, 0.2) is 29.4 Å². The largest absolute Gasteiger partial charge is 0.396 e. The molecule has 1 amide bonds. The number of carbonyl (C=O) groups excluding carboxylic acids is 1. The Balaban J connectivity index is 1.58. The maximum atomic E-state index is 12.5. The lowest BCUT2D eigenvalue weighted by atomic mass is 10.1. The van der Waals surface area contributed by atoms with Gasteiger partial charge in [-0.25, -0.2) is 4.98 Å². The number of carbonyl (C=O) groups is 1. The van der Waals surface area contributed by atoms with E-state index in [4.69, 9.17) is 4.74 Å². The van der Waals surface area contributed by atoms with Gasteiger partial charge < -0.3 is 19.3 Å². The normalized spacial score (nSPS) is 18.5. The predicted molar refractivity (Wildman–Crippen MR) is 98.7 cm³/mol. The molecule has 1 N–H and O–H groups in total. The Morgan fingerprint density at radius 1 is 1.44 bits per heavy atom. The maximum absolute atomic E-state index is 12.5. The Bertz CT molecular complexity index is 719. The Labute approximate surface area is 152 Å². The van der Waals surface area contributed by atoms with Gasteiger partial charge in [-0.1, -0.05) is 23.9 Å². The van der Waals surface area contributed by atoms with Crippen molar-refractivity contribution in [2.24, 2.45) is 5.92 Å². The van der Waals surface area contributed by atoms with Crippen molar-refractivity contribution in [2.75, 3.05) is 38.7 Å². The van der Waals surface area contributed by atoms with E-state index in [9.17, 15) is 9.90 Å². The maximum Gasteiger partial charge on any atom is 0.223 e. The topological polar surface area (TPSA) is 67.6 Å². The molecule has 25 heavy (non-hydrogen) atoms. The minimum Gasteiger partial charge on any atom is -0.396 e. The van der Waals surface area contributed by atoms with Gasteiger partial charge in [0.05, 0.1) is 24.2 Å². The molecule has 0 spiro atoms. The minimum atomic E-state index is 0.0170. The van der Waals surface area contributed by atoms with Crippen LogP contribution in [0.4, 0.5) is 0 Å². The zero-order valence-electron chi connectivity index (χ0n) is 14.6. The van der Waals surface area contributed by atoms with Crippen molar-refractivity contribution in [3.8, 4) is 0 Å². The molecule has 1 atom stereocenters. The number of amides is 1. The third-order valence-electron chi connectivity index (χ3n) is 4.43. The molecule has 0 radical (unpaired) electrons. The van der Waals surface area contributed by atoms with Crippen LogP contribution in [-0.4, -0.2) is 64.1 Å². The molecule has 0 bridgehead atoms. The molecule has 1 aromatic carbocycles. The lowest BCUT2D eigenvalue weighted by molar-refractivity contribution is -0.131. The summed E-state index contributed by atoms with van der Waals surface area (Å²) in [5, 5.41) is 10.3. The summed E-state index contributed by atoms with van der Waals surface area (Å²) in [6.45, 7) is 5.27. The fourth-order valence-electron chi connectivity index (χ4n) is 3.07. The molecule has 0 aliphatic carbocycles. The molecule has 2 heterocycles. The number of ether oxygens (including phenoxy) is 1. The number of thioether (sulfide) groups is 1. The number of aliphatic hydroxyl groups is 1. The summed E-state index contributed by atoms with van der Waals surface area (Å²) >= 11 is 1.63. The highest BCUT2D eigenvalue weighted by Gasteiger charge is 2.22. The molecular formula is C18H25N3O3S. The summed E-state index contributed by atoms with van der Waals surface area (Å²) in [4.78, 5) is 19.0. The van der Waals surface area contributed by atoms with Gasteiger partial charge in [0.1, 0.15) is 0 Å². The minimum absolute atomic E-state index is 0.0170. The van der Waals surface area contributed by atoms with Crippen LogP contribution in [0.5, 0.6) is 0 Å². The van der Waals surface area contributed by atoms with Gasteiger partial charge in [0.25, 0.3) is 0 Å². The number of para-hydroxylation sites is 2. The third-order valence-corrected chi connectivity index (χ3v) is 5.41. The number of aryl methyl sites for hydroxylation is 1. The molecule has 7 heteroatoms. The number of aliphatic hydroxyl groups excluding tert-OH is 1. The van der Waals surface area contributed by atoms with Crippen LogP contribution >= 0.6 is 11.8 Å². The quantitative estimate of drug-likeness (QED) is 0.795. The van der Waals surface area contributed by atoms with Crippen molar-refractivity contribution >= 4 is 28.7 Å². The zero-order valence-corrected chi connectivity index (χ0v) is 15.4. The number of nitrogens with zero attached hydrogens (tertiary/aromatic N) is 3. The fraction of sp³-hybridized carbons (Fsp3) is 0.556. The van der Waals surface area contributed by atoms with Gasteiger partial charge in [0.15, 0.2) is 5.16 Å². The van der Waals surface area contributed by atoms with E-state index in [2.05, 4.69) is 22.5 Å². The molecule has 2 aromatic rings. The molecule has 1 saturated heterocycles. The van der Waals surface area contributed by atoms with Gasteiger partial charge in [-0.05, 0) is 19.1 Å². The van der Waals surface area contributed by atoms with Gasteiger partial charge in [-0.2, -0.15) is 0 Å². The molecule has 1 aliphatic rings. The first-order chi connectivity index (χ1) is 12.2. The van der Waals surface area contributed by atoms with Gasteiger partial charge in [0, 0.05) is 44.3 Å². The zero-order chi connectivity index (χ0) is 17.6. The molecule has 136 valence electrons. The molecular weight excluding hydrogens is 338 g/mol. The smallest absolute Gasteiger partial charge is 0.223 e. The van der Waals surface area contributed by atoms with Crippen LogP contribution in [0.2, 0.25) is 0 Å². The average molecular weight is 363 g/mol. The summed E-state index contributed by atoms with van der Waals surface area (Å²) < 4.78 is 7.63. The van der Waals surface area contributed by atoms with Crippen molar-refractivity contribution in [3.63, 3.8) is 0 Å². The number of fused-ring (bicyclic) bond motifs is 1. The number of hydrogen-bond donors (Lipinski definition) is 1. The van der Waals surface area contributed by atoms with Crippen LogP contribution in [0, 0.1) is 5.92 Å². The summed E-state index contributed by atoms with van der Waals surface area (Å²) in [5.41, 5.74) is 2.13. The van der Waals surface area contributed by atoms with Crippen LogP contribution in [0.3, 0.4) is 0 Å². The van der Waals surface area contributed by atoms with E-state index in [0.29, 0.717) is 38.5 Å². The fourth-order valence-corrected chi connectivity index (χ4v) is 4.08. The van der Waals surface area contributed by atoms with E-state index in [1.165, 1.54) is 0 Å². The second-order valence-corrected chi connectivity index (χ2v) is 7.25. The molecule has 0 unspecified atom stereocenters. The molecule has 1 aliphatic heterocycles. The highest BCUT2D eigenvalue weighted by atomic mass is 32.2. The summed E-state index contributed by atoms with van der Waals surface area (Å²) in [7, 11) is 0. The summed E-state index contributed by atoms with van der Waals surface area (Å²) in [6.07, 6.45) is 0.468. The lowest BCUT2D eigenvalue weighted by Crippen LogP contribution is -2.36. The second kappa shape index (κ2) is 8.69. The number of aromatic nitrogens is 2. The Kier molecular flexibility index (Phi) is 6.34. The van der Waals surface area contributed by atoms with Gasteiger partial charge in [0.2, 0.25) is 5.91 Å². The highest BCUT2D eigenvalue weighted by Crippen LogP contribution is 2.24. The Morgan fingerprint density at radius 3 is 3.08 bits per heavy atom. The molecule has 1 aromatic heterocycles. The third kappa shape index (κ3) is 4.34. The molecule has 3 rings (SSSR count). The molecule has 6 nitrogen and oxygen atoms in total. The number of hydrogen-bond acceptors (Lipinski definition) is 5. The van der Waals surface area contributed by atoms with Gasteiger partial charge in [-0.3, -0.25) is 4.79 Å². The first-order valence-electron chi connectivity index (χ1n) is 8.77. The second-order valence-electron chi connectivity index (χ2n) is 6.19. The van der Waals surface area contributed by atoms with Crippen LogP contribution < -0.4 is 0 Å². The van der Waals surface area contributed by atoms with E-state index in [0.717, 1.165) is 22.7 Å². The average Bonchev–Trinajstić information content (AvgIpc) is 2.81. The van der Waals surface area contributed by atoms with Crippen molar-refractivity contribution in [1.29, 1.82) is 0 Å². The number of imidazole rings is 1. The summed E-state index contributed by atoms with van der Waals surface area (Å²) in [5.74, 6) is 0.836. The highest BCUT2D eigenvalue weighted by molar-refractivity contribution is 7.99. The van der Waals surface area contributed by atoms with Crippen molar-refractivity contribution in [2.45, 2.75) is 25.0 Å². The first-order valence-corrected chi connectivity index (χ1v) is 9.76. The Morgan fingerprint density at radius 2 is 2.28 bits per heavy atom. The van der Waals surface area contributed by atoms with Crippen molar-refractivity contribution < 1.29 is 14.6 Å². The lowest BCUT2D eigenvalue weighted by Gasteiger charge is -2.22. The Hall–Kier alpha value is -1.57. The number of benzene rings is 1. The van der Waals surface area contributed by atoms with E-state index >= 15 is 0 Å². The van der Waals surface area contributed by atoms with Crippen LogP contribution in [0.1, 0.15) is 13.3 Å². The first kappa shape index (κ1) is 18.2. The van der Waals surface area contributed by atoms with Crippen molar-refractivity contribution in [1.82, 2.24) is 14.5 Å². The SMILES string of the molecule is CCn1c(SCCC(=O)N2CCOC[C@H](CO)C2)nc2ccccc21. The van der Waals surface area contributed by atoms with E-state index in [-0.39, 0.29) is 18.4 Å². The van der Waals surface area contributed by atoms with Gasteiger partial charge in [-0.15, -0.1) is 0 Å². The van der Waals surface area contributed by atoms with E-state index in [1.807, 2.05) is 23.1 Å². The van der Waals surface area contributed by atoms with Crippen molar-refractivity contribution in [3.05, 3.63) is 24.3 Å². The van der Waals surface area contributed by atoms with E-state index < -0.39 is 0 Å². The monoisotopic (exact) mass is 363 g/mol.